The summed E-state index contributed by atoms with van der Waals surface area (Å²) in [5.74, 6) is -0.303. The van der Waals surface area contributed by atoms with Gasteiger partial charge in [0.15, 0.2) is 5.13 Å². The summed E-state index contributed by atoms with van der Waals surface area (Å²) in [5.41, 5.74) is 3.57. The van der Waals surface area contributed by atoms with E-state index in [1.165, 1.54) is 16.9 Å². The van der Waals surface area contributed by atoms with Crippen molar-refractivity contribution in [3.05, 3.63) is 82.4 Å². The summed E-state index contributed by atoms with van der Waals surface area (Å²) >= 11 is 1.32. The first-order valence-electron chi connectivity index (χ1n) is 11.1. The highest BCUT2D eigenvalue weighted by molar-refractivity contribution is 7.14. The minimum absolute atomic E-state index is 0.0919. The highest BCUT2D eigenvalue weighted by atomic mass is 32.1. The van der Waals surface area contributed by atoms with Crippen molar-refractivity contribution >= 4 is 28.3 Å². The van der Waals surface area contributed by atoms with E-state index >= 15 is 0 Å². The topological polar surface area (TPSA) is 77.6 Å². The van der Waals surface area contributed by atoms with Gasteiger partial charge in [0.1, 0.15) is 0 Å². The molecule has 4 rings (SSSR count). The highest BCUT2D eigenvalue weighted by Crippen LogP contribution is 2.17. The lowest BCUT2D eigenvalue weighted by atomic mass is 10.1. The van der Waals surface area contributed by atoms with Gasteiger partial charge in [-0.15, -0.1) is 11.3 Å². The molecule has 0 bridgehead atoms. The summed E-state index contributed by atoms with van der Waals surface area (Å²) in [4.78, 5) is 33.9. The Morgan fingerprint density at radius 3 is 2.55 bits per heavy atom. The smallest absolute Gasteiger partial charge is 0.257 e. The number of nitrogens with one attached hydrogen (secondary N) is 2. The summed E-state index contributed by atoms with van der Waals surface area (Å²) in [6.07, 6.45) is 0.179. The molecule has 3 aromatic rings. The van der Waals surface area contributed by atoms with Crippen LogP contribution in [0.25, 0.3) is 0 Å². The number of carbonyl (C=O) groups excluding carboxylic acids is 2. The van der Waals surface area contributed by atoms with Crippen molar-refractivity contribution in [2.24, 2.45) is 0 Å². The van der Waals surface area contributed by atoms with Crippen molar-refractivity contribution in [2.45, 2.75) is 19.5 Å². The van der Waals surface area contributed by atoms with Crippen LogP contribution in [0.3, 0.4) is 0 Å². The van der Waals surface area contributed by atoms with E-state index in [0.717, 1.165) is 38.3 Å². The van der Waals surface area contributed by atoms with Gasteiger partial charge in [0, 0.05) is 50.2 Å². The second-order valence-electron chi connectivity index (χ2n) is 8.32. The normalized spacial score (nSPS) is 14.7. The SMILES string of the molecule is CN1CCN(Cc2cccc(CNC(=O)Cc3csc(NC(=O)c4ccccc4)n3)c2)CC1. The Kier molecular flexibility index (Phi) is 7.83. The molecule has 1 saturated heterocycles. The molecule has 2 aromatic carbocycles. The first-order valence-corrected chi connectivity index (χ1v) is 12.0. The summed E-state index contributed by atoms with van der Waals surface area (Å²) in [7, 11) is 2.16. The van der Waals surface area contributed by atoms with E-state index in [1.54, 1.807) is 17.5 Å². The van der Waals surface area contributed by atoms with Crippen LogP contribution in [0.1, 0.15) is 27.2 Å². The van der Waals surface area contributed by atoms with Crippen LogP contribution in [0.15, 0.2) is 60.0 Å². The third kappa shape index (κ3) is 6.95. The number of hydrogen-bond acceptors (Lipinski definition) is 6. The molecule has 2 N–H and O–H groups in total. The molecule has 1 aromatic heterocycles. The Hall–Kier alpha value is -3.07. The standard InChI is InChI=1S/C25H29N5O2S/c1-29-10-12-30(13-11-29)17-20-7-5-6-19(14-20)16-26-23(31)15-22-18-33-25(27-22)28-24(32)21-8-3-2-4-9-21/h2-9,14,18H,10-13,15-17H2,1H3,(H,26,31)(H,27,28,32). The van der Waals surface area contributed by atoms with E-state index in [-0.39, 0.29) is 18.2 Å². The number of hydrogen-bond donors (Lipinski definition) is 2. The van der Waals surface area contributed by atoms with E-state index in [0.29, 0.717) is 22.9 Å². The van der Waals surface area contributed by atoms with Gasteiger partial charge in [-0.3, -0.25) is 19.8 Å². The molecule has 2 amide bonds. The van der Waals surface area contributed by atoms with Gasteiger partial charge in [0.2, 0.25) is 5.91 Å². The zero-order chi connectivity index (χ0) is 23.0. The van der Waals surface area contributed by atoms with Gasteiger partial charge in [-0.05, 0) is 30.3 Å². The molecule has 33 heavy (non-hydrogen) atoms. The number of anilines is 1. The van der Waals surface area contributed by atoms with Crippen LogP contribution in [0.4, 0.5) is 5.13 Å². The molecule has 0 saturated carbocycles. The zero-order valence-corrected chi connectivity index (χ0v) is 19.6. The van der Waals surface area contributed by atoms with Crippen molar-refractivity contribution in [1.82, 2.24) is 20.1 Å². The van der Waals surface area contributed by atoms with Gasteiger partial charge in [-0.1, -0.05) is 42.5 Å². The van der Waals surface area contributed by atoms with E-state index in [9.17, 15) is 9.59 Å². The molecule has 2 heterocycles. The van der Waals surface area contributed by atoms with Crippen LogP contribution in [-0.4, -0.2) is 59.8 Å². The molecule has 0 unspecified atom stereocenters. The maximum atomic E-state index is 12.4. The molecular weight excluding hydrogens is 434 g/mol. The van der Waals surface area contributed by atoms with Crippen molar-refractivity contribution in [3.8, 4) is 0 Å². The third-order valence-electron chi connectivity index (χ3n) is 5.63. The summed E-state index contributed by atoms with van der Waals surface area (Å²) < 4.78 is 0. The Balaban J connectivity index is 1.24. The number of likely N-dealkylation sites (N-methyl/N-ethyl adjacent to an activating group) is 1. The van der Waals surface area contributed by atoms with Gasteiger partial charge in [-0.25, -0.2) is 4.98 Å². The molecule has 0 aliphatic carbocycles. The van der Waals surface area contributed by atoms with Crippen molar-refractivity contribution < 1.29 is 9.59 Å². The molecule has 0 radical (unpaired) electrons. The van der Waals surface area contributed by atoms with E-state index < -0.39 is 0 Å². The lowest BCUT2D eigenvalue weighted by Gasteiger charge is -2.32. The number of carbonyl (C=O) groups is 2. The maximum Gasteiger partial charge on any atom is 0.257 e. The fourth-order valence-electron chi connectivity index (χ4n) is 3.73. The summed E-state index contributed by atoms with van der Waals surface area (Å²) in [5, 5.41) is 8.05. The zero-order valence-electron chi connectivity index (χ0n) is 18.8. The molecule has 1 aliphatic heterocycles. The second kappa shape index (κ2) is 11.2. The number of rotatable bonds is 8. The first-order chi connectivity index (χ1) is 16.0. The van der Waals surface area contributed by atoms with Gasteiger partial charge >= 0.3 is 0 Å². The van der Waals surface area contributed by atoms with Crippen molar-refractivity contribution in [3.63, 3.8) is 0 Å². The Labute approximate surface area is 198 Å². The second-order valence-corrected chi connectivity index (χ2v) is 9.18. The molecule has 172 valence electrons. The number of aromatic nitrogens is 1. The van der Waals surface area contributed by atoms with E-state index in [4.69, 9.17) is 0 Å². The van der Waals surface area contributed by atoms with E-state index in [2.05, 4.69) is 50.7 Å². The molecule has 0 spiro atoms. The number of amides is 2. The van der Waals surface area contributed by atoms with Crippen LogP contribution in [0.2, 0.25) is 0 Å². The molecule has 1 fully saturated rings. The average molecular weight is 464 g/mol. The Morgan fingerprint density at radius 2 is 1.76 bits per heavy atom. The van der Waals surface area contributed by atoms with Gasteiger partial charge in [0.05, 0.1) is 12.1 Å². The minimum Gasteiger partial charge on any atom is -0.352 e. The number of benzene rings is 2. The molecule has 0 atom stereocenters. The Morgan fingerprint density at radius 1 is 1.00 bits per heavy atom. The lowest BCUT2D eigenvalue weighted by molar-refractivity contribution is -0.120. The molecular formula is C25H29N5O2S. The predicted molar refractivity (Wildman–Crippen MR) is 131 cm³/mol. The number of thiazole rings is 1. The molecule has 7 nitrogen and oxygen atoms in total. The van der Waals surface area contributed by atoms with Gasteiger partial charge in [-0.2, -0.15) is 0 Å². The van der Waals surface area contributed by atoms with Gasteiger partial charge in [0.25, 0.3) is 5.91 Å². The first kappa shape index (κ1) is 23.1. The predicted octanol–water partition coefficient (Wildman–Crippen LogP) is 3.00. The van der Waals surface area contributed by atoms with E-state index in [1.807, 2.05) is 24.3 Å². The minimum atomic E-state index is -0.211. The van der Waals surface area contributed by atoms with Crippen molar-refractivity contribution in [1.29, 1.82) is 0 Å². The van der Waals surface area contributed by atoms with Crippen LogP contribution >= 0.6 is 11.3 Å². The largest absolute Gasteiger partial charge is 0.352 e. The molecule has 8 heteroatoms. The van der Waals surface area contributed by atoms with Crippen LogP contribution < -0.4 is 10.6 Å². The fourth-order valence-corrected chi connectivity index (χ4v) is 4.44. The summed E-state index contributed by atoms with van der Waals surface area (Å²) in [6.45, 7) is 5.79. The lowest BCUT2D eigenvalue weighted by Crippen LogP contribution is -2.43. The summed E-state index contributed by atoms with van der Waals surface area (Å²) in [6, 6.07) is 17.4. The average Bonchev–Trinajstić information content (AvgIpc) is 3.26. The number of piperazine rings is 1. The van der Waals surface area contributed by atoms with Crippen molar-refractivity contribution in [2.75, 3.05) is 38.5 Å². The highest BCUT2D eigenvalue weighted by Gasteiger charge is 2.14. The fraction of sp³-hybridized carbons (Fsp3) is 0.320. The van der Waals surface area contributed by atoms with Crippen LogP contribution in [0, 0.1) is 0 Å². The van der Waals surface area contributed by atoms with Crippen LogP contribution in [-0.2, 0) is 24.3 Å². The molecule has 1 aliphatic rings. The quantitative estimate of drug-likeness (QED) is 0.537. The monoisotopic (exact) mass is 463 g/mol. The van der Waals surface area contributed by atoms with Gasteiger partial charge < -0.3 is 10.2 Å². The third-order valence-corrected chi connectivity index (χ3v) is 6.44. The maximum absolute atomic E-state index is 12.4. The van der Waals surface area contributed by atoms with Crippen LogP contribution in [0.5, 0.6) is 0 Å². The number of nitrogens with zero attached hydrogens (tertiary/aromatic N) is 3. The Bertz CT molecular complexity index is 1080.